The monoisotopic (exact) mass is 340 g/mol. The second-order valence-electron chi connectivity index (χ2n) is 5.49. The minimum atomic E-state index is -0.990. The number of cyclic esters (lactones) is 1. The Morgan fingerprint density at radius 3 is 2.72 bits per heavy atom. The molecule has 0 N–H and O–H groups in total. The van der Waals surface area contributed by atoms with Gasteiger partial charge in [0.05, 0.1) is 0 Å². The first kappa shape index (κ1) is 16.6. The summed E-state index contributed by atoms with van der Waals surface area (Å²) in [6.45, 7) is -0.148. The molecule has 0 bridgehead atoms. The first-order valence-electron chi connectivity index (χ1n) is 7.72. The van der Waals surface area contributed by atoms with E-state index in [1.165, 1.54) is 6.20 Å². The third-order valence-corrected chi connectivity index (χ3v) is 3.80. The summed E-state index contributed by atoms with van der Waals surface area (Å²) in [4.78, 5) is 41.4. The van der Waals surface area contributed by atoms with Gasteiger partial charge in [0.25, 0.3) is 0 Å². The smallest absolute Gasteiger partial charge is 0.413 e. The van der Waals surface area contributed by atoms with Crippen LogP contribution in [0.5, 0.6) is 0 Å². The van der Waals surface area contributed by atoms with Gasteiger partial charge in [0.15, 0.2) is 12.5 Å². The number of hydrogen-bond acceptors (Lipinski definition) is 6. The number of rotatable bonds is 5. The lowest BCUT2D eigenvalue weighted by atomic mass is 10.1. The van der Waals surface area contributed by atoms with Crippen LogP contribution in [-0.2, 0) is 20.9 Å². The van der Waals surface area contributed by atoms with Crippen LogP contribution in [-0.4, -0.2) is 40.5 Å². The number of aromatic nitrogens is 1. The number of nitrogens with zero attached hydrogens (tertiary/aromatic N) is 2. The van der Waals surface area contributed by atoms with Gasteiger partial charge in [-0.25, -0.2) is 9.59 Å². The molecule has 2 heterocycles. The number of pyridine rings is 1. The van der Waals surface area contributed by atoms with Crippen LogP contribution in [0.4, 0.5) is 4.79 Å². The van der Waals surface area contributed by atoms with Crippen LogP contribution in [0.25, 0.3) is 0 Å². The van der Waals surface area contributed by atoms with E-state index in [2.05, 4.69) is 4.98 Å². The Balaban J connectivity index is 1.63. The van der Waals surface area contributed by atoms with Gasteiger partial charge in [-0.2, -0.15) is 0 Å². The van der Waals surface area contributed by atoms with E-state index >= 15 is 0 Å². The summed E-state index contributed by atoms with van der Waals surface area (Å²) < 4.78 is 10.1. The number of ketones is 1. The molecule has 128 valence electrons. The second-order valence-corrected chi connectivity index (χ2v) is 5.49. The summed E-state index contributed by atoms with van der Waals surface area (Å²) >= 11 is 0. The van der Waals surface area contributed by atoms with E-state index < -0.39 is 18.1 Å². The first-order chi connectivity index (χ1) is 12.1. The van der Waals surface area contributed by atoms with Crippen molar-refractivity contribution in [1.29, 1.82) is 0 Å². The second kappa shape index (κ2) is 7.57. The van der Waals surface area contributed by atoms with E-state index in [0.717, 1.165) is 10.5 Å². The highest BCUT2D eigenvalue weighted by Crippen LogP contribution is 2.19. The van der Waals surface area contributed by atoms with Crippen LogP contribution in [0.3, 0.4) is 0 Å². The van der Waals surface area contributed by atoms with Gasteiger partial charge in [0.1, 0.15) is 12.6 Å². The zero-order valence-corrected chi connectivity index (χ0v) is 13.3. The Bertz CT molecular complexity index is 764. The molecule has 1 amide bonds. The van der Waals surface area contributed by atoms with Crippen molar-refractivity contribution in [2.24, 2.45) is 0 Å². The molecule has 25 heavy (non-hydrogen) atoms. The standard InChI is InChI=1S/C18H16N2O5/c21-16(14-7-4-8-19-10-14)9-15-17(22)25-12-20(15)18(23)24-11-13-5-2-1-3-6-13/h1-8,10,15H,9,11-12H2. The number of benzene rings is 1. The Morgan fingerprint density at radius 1 is 1.20 bits per heavy atom. The number of carbonyl (C=O) groups excluding carboxylic acids is 3. The fourth-order valence-corrected chi connectivity index (χ4v) is 2.44. The molecule has 3 rings (SSSR count). The third kappa shape index (κ3) is 4.00. The summed E-state index contributed by atoms with van der Waals surface area (Å²) in [7, 11) is 0. The van der Waals surface area contributed by atoms with E-state index in [1.54, 1.807) is 18.3 Å². The van der Waals surface area contributed by atoms with Gasteiger partial charge >= 0.3 is 12.1 Å². The summed E-state index contributed by atoms with van der Waals surface area (Å²) in [6, 6.07) is 11.4. The first-order valence-corrected chi connectivity index (χ1v) is 7.72. The highest BCUT2D eigenvalue weighted by Gasteiger charge is 2.40. The van der Waals surface area contributed by atoms with Crippen LogP contribution < -0.4 is 0 Å². The van der Waals surface area contributed by atoms with E-state index in [9.17, 15) is 14.4 Å². The van der Waals surface area contributed by atoms with Gasteiger partial charge < -0.3 is 9.47 Å². The molecule has 1 aromatic carbocycles. The summed E-state index contributed by atoms with van der Waals surface area (Å²) in [6.07, 6.45) is 2.10. The quantitative estimate of drug-likeness (QED) is 0.612. The van der Waals surface area contributed by atoms with Crippen molar-refractivity contribution in [2.75, 3.05) is 6.73 Å². The van der Waals surface area contributed by atoms with Crippen molar-refractivity contribution in [3.63, 3.8) is 0 Å². The van der Waals surface area contributed by atoms with Crippen molar-refractivity contribution in [3.05, 3.63) is 66.0 Å². The molecule has 1 aromatic heterocycles. The Kier molecular flexibility index (Phi) is 5.03. The molecule has 0 aliphatic carbocycles. The average molecular weight is 340 g/mol. The zero-order chi connectivity index (χ0) is 17.6. The maximum Gasteiger partial charge on any atom is 0.413 e. The number of esters is 1. The van der Waals surface area contributed by atoms with E-state index in [1.807, 2.05) is 30.3 Å². The number of amides is 1. The third-order valence-electron chi connectivity index (χ3n) is 3.80. The molecule has 1 aliphatic heterocycles. The molecule has 1 unspecified atom stereocenters. The lowest BCUT2D eigenvalue weighted by Gasteiger charge is -2.19. The van der Waals surface area contributed by atoms with Crippen molar-refractivity contribution in [3.8, 4) is 0 Å². The molecule has 0 spiro atoms. The fraction of sp³-hybridized carbons (Fsp3) is 0.222. The molecular formula is C18H16N2O5. The summed E-state index contributed by atoms with van der Waals surface area (Å²) in [5.41, 5.74) is 1.20. The van der Waals surface area contributed by atoms with Gasteiger partial charge in [0, 0.05) is 24.4 Å². The van der Waals surface area contributed by atoms with E-state index in [4.69, 9.17) is 9.47 Å². The van der Waals surface area contributed by atoms with Crippen molar-refractivity contribution >= 4 is 17.8 Å². The van der Waals surface area contributed by atoms with Gasteiger partial charge in [-0.05, 0) is 17.7 Å². The highest BCUT2D eigenvalue weighted by atomic mass is 16.6. The number of Topliss-reactive ketones (excluding diaryl/α,β-unsaturated/α-hetero) is 1. The van der Waals surface area contributed by atoms with Gasteiger partial charge in [-0.15, -0.1) is 0 Å². The van der Waals surface area contributed by atoms with E-state index in [0.29, 0.717) is 5.56 Å². The van der Waals surface area contributed by atoms with Crippen LogP contribution >= 0.6 is 0 Å². The predicted octanol–water partition coefficient (Wildman–Crippen LogP) is 2.18. The molecule has 0 saturated carbocycles. The van der Waals surface area contributed by atoms with Crippen molar-refractivity contribution in [1.82, 2.24) is 9.88 Å². The van der Waals surface area contributed by atoms with Crippen LogP contribution in [0.2, 0.25) is 0 Å². The predicted molar refractivity (Wildman–Crippen MR) is 86.4 cm³/mol. The highest BCUT2D eigenvalue weighted by molar-refractivity contribution is 5.99. The average Bonchev–Trinajstić information content (AvgIpc) is 3.02. The van der Waals surface area contributed by atoms with Crippen molar-refractivity contribution < 1.29 is 23.9 Å². The minimum Gasteiger partial charge on any atom is -0.444 e. The normalized spacial score (nSPS) is 16.4. The van der Waals surface area contributed by atoms with Crippen molar-refractivity contribution in [2.45, 2.75) is 19.1 Å². The van der Waals surface area contributed by atoms with Crippen LogP contribution in [0.15, 0.2) is 54.9 Å². The maximum atomic E-state index is 12.3. The number of carbonyl (C=O) groups is 3. The largest absolute Gasteiger partial charge is 0.444 e. The zero-order valence-electron chi connectivity index (χ0n) is 13.3. The van der Waals surface area contributed by atoms with E-state index in [-0.39, 0.29) is 25.5 Å². The number of ether oxygens (including phenoxy) is 2. The maximum absolute atomic E-state index is 12.3. The molecule has 1 atom stereocenters. The number of hydrogen-bond donors (Lipinski definition) is 0. The SMILES string of the molecule is O=C(CC1C(=O)OCN1C(=O)OCc1ccccc1)c1cccnc1. The molecular weight excluding hydrogens is 324 g/mol. The van der Waals surface area contributed by atoms with Gasteiger partial charge in [-0.3, -0.25) is 14.7 Å². The molecule has 7 heteroatoms. The minimum absolute atomic E-state index is 0.0770. The lowest BCUT2D eigenvalue weighted by molar-refractivity contribution is -0.139. The van der Waals surface area contributed by atoms with Crippen LogP contribution in [0, 0.1) is 0 Å². The molecule has 7 nitrogen and oxygen atoms in total. The van der Waals surface area contributed by atoms with Gasteiger partial charge in [0.2, 0.25) is 0 Å². The lowest BCUT2D eigenvalue weighted by Crippen LogP contribution is -2.39. The molecule has 2 aromatic rings. The van der Waals surface area contributed by atoms with Gasteiger partial charge in [-0.1, -0.05) is 30.3 Å². The molecule has 0 radical (unpaired) electrons. The topological polar surface area (TPSA) is 85.8 Å². The Morgan fingerprint density at radius 2 is 2.00 bits per heavy atom. The molecule has 1 aliphatic rings. The van der Waals surface area contributed by atoms with Crippen LogP contribution in [0.1, 0.15) is 22.3 Å². The Hall–Kier alpha value is -3.22. The molecule has 1 fully saturated rings. The fourth-order valence-electron chi connectivity index (χ4n) is 2.44. The summed E-state index contributed by atoms with van der Waals surface area (Å²) in [5.74, 6) is -0.910. The summed E-state index contributed by atoms with van der Waals surface area (Å²) in [5, 5.41) is 0. The molecule has 1 saturated heterocycles. The Labute approximate surface area is 144 Å².